The second kappa shape index (κ2) is 10.8. The van der Waals surface area contributed by atoms with Crippen LogP contribution in [-0.4, -0.2) is 27.4 Å². The zero-order valence-electron chi connectivity index (χ0n) is 14.4. The summed E-state index contributed by atoms with van der Waals surface area (Å²) in [4.78, 5) is 12.4. The smallest absolute Gasteiger partial charge is 0.240 e. The van der Waals surface area contributed by atoms with Crippen LogP contribution in [-0.2, 0) is 14.8 Å². The van der Waals surface area contributed by atoms with E-state index in [0.717, 1.165) is 12.8 Å². The van der Waals surface area contributed by atoms with Gasteiger partial charge in [-0.1, -0.05) is 31.7 Å². The van der Waals surface area contributed by atoms with Gasteiger partial charge in [0.1, 0.15) is 0 Å². The first-order chi connectivity index (χ1) is 11.5. The lowest BCUT2D eigenvalue weighted by Crippen LogP contribution is -2.29. The van der Waals surface area contributed by atoms with E-state index in [0.29, 0.717) is 18.0 Å². The van der Waals surface area contributed by atoms with Gasteiger partial charge in [-0.3, -0.25) is 4.79 Å². The monoisotopic (exact) mass is 389 g/mol. The molecule has 0 saturated heterocycles. The van der Waals surface area contributed by atoms with Crippen molar-refractivity contribution in [2.45, 2.75) is 49.8 Å². The molecule has 0 unspecified atom stereocenters. The number of carbonyl (C=O) groups is 1. The molecule has 0 spiro atoms. The second-order valence-electron chi connectivity index (χ2n) is 6.32. The maximum atomic E-state index is 12.2. The maximum absolute atomic E-state index is 12.2. The molecule has 0 atom stereocenters. The zero-order chi connectivity index (χ0) is 17.4. The van der Waals surface area contributed by atoms with Crippen LogP contribution < -0.4 is 15.8 Å². The molecule has 1 saturated carbocycles. The Morgan fingerprint density at radius 1 is 1.16 bits per heavy atom. The van der Waals surface area contributed by atoms with Crippen LogP contribution >= 0.6 is 12.4 Å². The average Bonchev–Trinajstić information content (AvgIpc) is 2.82. The predicted molar refractivity (Wildman–Crippen MR) is 102 cm³/mol. The summed E-state index contributed by atoms with van der Waals surface area (Å²) in [7, 11) is -3.59. The highest BCUT2D eigenvalue weighted by Gasteiger charge is 2.17. The molecule has 142 valence electrons. The molecule has 6 nitrogen and oxygen atoms in total. The van der Waals surface area contributed by atoms with Crippen LogP contribution in [0.15, 0.2) is 29.2 Å². The predicted octanol–water partition coefficient (Wildman–Crippen LogP) is 2.64. The number of halogens is 1. The van der Waals surface area contributed by atoms with Gasteiger partial charge in [0.2, 0.25) is 15.9 Å². The molecule has 0 radical (unpaired) electrons. The van der Waals surface area contributed by atoms with Crippen LogP contribution in [0.25, 0.3) is 0 Å². The SMILES string of the molecule is Cl.NCCNS(=O)(=O)c1cccc(NC(=O)CC2CCCCCC2)c1. The van der Waals surface area contributed by atoms with Crippen LogP contribution in [0.1, 0.15) is 44.9 Å². The number of benzene rings is 1. The Hall–Kier alpha value is -1.15. The largest absolute Gasteiger partial charge is 0.329 e. The first-order valence-corrected chi connectivity index (χ1v) is 10.1. The fraction of sp³-hybridized carbons (Fsp3) is 0.588. The van der Waals surface area contributed by atoms with Crippen LogP contribution in [0.5, 0.6) is 0 Å². The lowest BCUT2D eigenvalue weighted by atomic mass is 9.96. The second-order valence-corrected chi connectivity index (χ2v) is 8.09. The molecule has 8 heteroatoms. The molecular formula is C17H28ClN3O3S. The summed E-state index contributed by atoms with van der Waals surface area (Å²) in [5, 5.41) is 2.82. The molecule has 1 aliphatic rings. The van der Waals surface area contributed by atoms with Crippen LogP contribution in [0.2, 0.25) is 0 Å². The van der Waals surface area contributed by atoms with Gasteiger partial charge in [0.05, 0.1) is 4.90 Å². The van der Waals surface area contributed by atoms with E-state index in [1.807, 2.05) is 0 Å². The molecule has 0 aromatic heterocycles. The molecule has 1 aliphatic carbocycles. The summed E-state index contributed by atoms with van der Waals surface area (Å²) in [5.41, 5.74) is 5.83. The highest BCUT2D eigenvalue weighted by Crippen LogP contribution is 2.26. The van der Waals surface area contributed by atoms with E-state index in [4.69, 9.17) is 5.73 Å². The van der Waals surface area contributed by atoms with Crippen molar-refractivity contribution in [1.82, 2.24) is 4.72 Å². The molecule has 1 amide bonds. The fourth-order valence-electron chi connectivity index (χ4n) is 3.06. The lowest BCUT2D eigenvalue weighted by molar-refractivity contribution is -0.117. The summed E-state index contributed by atoms with van der Waals surface area (Å²) in [6, 6.07) is 6.30. The van der Waals surface area contributed by atoms with Gasteiger partial charge >= 0.3 is 0 Å². The summed E-state index contributed by atoms with van der Waals surface area (Å²) < 4.78 is 26.6. The third-order valence-corrected chi connectivity index (χ3v) is 5.77. The van der Waals surface area contributed by atoms with Gasteiger partial charge in [-0.25, -0.2) is 13.1 Å². The van der Waals surface area contributed by atoms with E-state index in [-0.39, 0.29) is 36.3 Å². The maximum Gasteiger partial charge on any atom is 0.240 e. The van der Waals surface area contributed by atoms with Crippen molar-refractivity contribution in [1.29, 1.82) is 0 Å². The van der Waals surface area contributed by atoms with Gasteiger partial charge in [0.15, 0.2) is 0 Å². The molecule has 1 aromatic carbocycles. The molecular weight excluding hydrogens is 362 g/mol. The number of amides is 1. The van der Waals surface area contributed by atoms with Gasteiger partial charge < -0.3 is 11.1 Å². The molecule has 1 fully saturated rings. The average molecular weight is 390 g/mol. The standard InChI is InChI=1S/C17H27N3O3S.ClH/c18-10-11-19-24(22,23)16-9-5-8-15(13-16)20-17(21)12-14-6-3-1-2-4-7-14;/h5,8-9,13-14,19H,1-4,6-7,10-12,18H2,(H,20,21);1H. The lowest BCUT2D eigenvalue weighted by Gasteiger charge is -2.14. The minimum atomic E-state index is -3.59. The number of rotatable bonds is 7. The molecule has 0 bridgehead atoms. The van der Waals surface area contributed by atoms with Gasteiger partial charge in [-0.05, 0) is 37.0 Å². The summed E-state index contributed by atoms with van der Waals surface area (Å²) in [6.07, 6.45) is 7.61. The van der Waals surface area contributed by atoms with E-state index < -0.39 is 10.0 Å². The van der Waals surface area contributed by atoms with Crippen molar-refractivity contribution in [2.75, 3.05) is 18.4 Å². The van der Waals surface area contributed by atoms with Crippen molar-refractivity contribution >= 4 is 34.0 Å². The van der Waals surface area contributed by atoms with E-state index >= 15 is 0 Å². The molecule has 0 heterocycles. The summed E-state index contributed by atoms with van der Waals surface area (Å²) in [6.45, 7) is 0.414. The Balaban J connectivity index is 0.00000312. The molecule has 4 N–H and O–H groups in total. The topological polar surface area (TPSA) is 101 Å². The highest BCUT2D eigenvalue weighted by atomic mass is 35.5. The Morgan fingerprint density at radius 2 is 1.84 bits per heavy atom. The number of hydrogen-bond donors (Lipinski definition) is 3. The van der Waals surface area contributed by atoms with Gasteiger partial charge in [0, 0.05) is 25.2 Å². The van der Waals surface area contributed by atoms with Gasteiger partial charge in [0.25, 0.3) is 0 Å². The number of nitrogens with one attached hydrogen (secondary N) is 2. The number of nitrogens with two attached hydrogens (primary N) is 1. The minimum Gasteiger partial charge on any atom is -0.329 e. The first-order valence-electron chi connectivity index (χ1n) is 8.61. The van der Waals surface area contributed by atoms with Crippen molar-refractivity contribution in [3.05, 3.63) is 24.3 Å². The van der Waals surface area contributed by atoms with E-state index in [9.17, 15) is 13.2 Å². The van der Waals surface area contributed by atoms with E-state index in [2.05, 4.69) is 10.0 Å². The van der Waals surface area contributed by atoms with E-state index in [1.165, 1.54) is 37.8 Å². The van der Waals surface area contributed by atoms with E-state index in [1.54, 1.807) is 12.1 Å². The van der Waals surface area contributed by atoms with Crippen LogP contribution in [0, 0.1) is 5.92 Å². The highest BCUT2D eigenvalue weighted by molar-refractivity contribution is 7.89. The normalized spacial score (nSPS) is 15.9. The summed E-state index contributed by atoms with van der Waals surface area (Å²) >= 11 is 0. The Kier molecular flexibility index (Phi) is 9.42. The van der Waals surface area contributed by atoms with Gasteiger partial charge in [-0.2, -0.15) is 0 Å². The van der Waals surface area contributed by atoms with Crippen LogP contribution in [0.3, 0.4) is 0 Å². The number of carbonyl (C=O) groups excluding carboxylic acids is 1. The van der Waals surface area contributed by atoms with Crippen LogP contribution in [0.4, 0.5) is 5.69 Å². The Bertz CT molecular complexity index is 644. The Morgan fingerprint density at radius 3 is 2.48 bits per heavy atom. The van der Waals surface area contributed by atoms with Crippen molar-refractivity contribution in [3.8, 4) is 0 Å². The molecule has 1 aromatic rings. The summed E-state index contributed by atoms with van der Waals surface area (Å²) in [5.74, 6) is 0.386. The molecule has 2 rings (SSSR count). The first kappa shape index (κ1) is 21.9. The number of hydrogen-bond acceptors (Lipinski definition) is 4. The van der Waals surface area contributed by atoms with Crippen molar-refractivity contribution in [2.24, 2.45) is 11.7 Å². The molecule has 0 aliphatic heterocycles. The molecule has 25 heavy (non-hydrogen) atoms. The van der Waals surface area contributed by atoms with Gasteiger partial charge in [-0.15, -0.1) is 12.4 Å². The third-order valence-electron chi connectivity index (χ3n) is 4.31. The zero-order valence-corrected chi connectivity index (χ0v) is 16.0. The minimum absolute atomic E-state index is 0. The fourth-order valence-corrected chi connectivity index (χ4v) is 4.15. The number of sulfonamides is 1. The quantitative estimate of drug-likeness (QED) is 0.624. The van der Waals surface area contributed by atoms with Crippen molar-refractivity contribution < 1.29 is 13.2 Å². The third kappa shape index (κ3) is 7.32. The van der Waals surface area contributed by atoms with Crippen molar-refractivity contribution in [3.63, 3.8) is 0 Å². The number of anilines is 1. The Labute approximate surface area is 156 Å².